The first-order valence-corrected chi connectivity index (χ1v) is 5.00. The Labute approximate surface area is 91.4 Å². The summed E-state index contributed by atoms with van der Waals surface area (Å²) in [7, 11) is 0. The predicted octanol–water partition coefficient (Wildman–Crippen LogP) is 2.48. The fourth-order valence-electron chi connectivity index (χ4n) is 1.07. The highest BCUT2D eigenvalue weighted by molar-refractivity contribution is 9.08. The Balaban J connectivity index is 3.21. The summed E-state index contributed by atoms with van der Waals surface area (Å²) in [5, 5.41) is 0.168. The summed E-state index contributed by atoms with van der Waals surface area (Å²) >= 11 is 3.02. The number of nitrogens with one attached hydrogen (secondary N) is 1. The van der Waals surface area contributed by atoms with Gasteiger partial charge in [-0.25, -0.2) is 0 Å². The molecule has 0 amide bonds. The molecule has 84 valence electrons. The fraction of sp³-hybridized carbons (Fsp3) is 0.375. The van der Waals surface area contributed by atoms with Crippen molar-refractivity contribution in [3.63, 3.8) is 0 Å². The van der Waals surface area contributed by atoms with Crippen molar-refractivity contribution in [1.82, 2.24) is 4.98 Å². The summed E-state index contributed by atoms with van der Waals surface area (Å²) in [5.74, 6) is -0.472. The summed E-state index contributed by atoms with van der Waals surface area (Å²) in [6.07, 6.45) is -4.79. The zero-order chi connectivity index (χ0) is 11.6. The van der Waals surface area contributed by atoms with E-state index >= 15 is 0 Å². The van der Waals surface area contributed by atoms with E-state index < -0.39 is 17.7 Å². The third kappa shape index (κ3) is 3.26. The van der Waals surface area contributed by atoms with Crippen LogP contribution in [0.2, 0.25) is 0 Å². The standard InChI is InChI=1S/C8H7BrF3NO2/c1-4-5(3-9)6(2-7(14)13-4)15-8(10,11)12/h2H,3H2,1H3,(H,13,14). The Bertz CT molecular complexity index is 413. The van der Waals surface area contributed by atoms with Crippen LogP contribution in [0, 0.1) is 6.92 Å². The predicted molar refractivity (Wildman–Crippen MR) is 51.1 cm³/mol. The second-order valence-corrected chi connectivity index (χ2v) is 3.34. The molecule has 1 heterocycles. The smallest absolute Gasteiger partial charge is 0.405 e. The average molecular weight is 286 g/mol. The lowest BCUT2D eigenvalue weighted by molar-refractivity contribution is -0.274. The molecule has 0 fully saturated rings. The maximum atomic E-state index is 12.0. The first kappa shape index (κ1) is 12.1. The third-order valence-electron chi connectivity index (χ3n) is 1.68. The third-order valence-corrected chi connectivity index (χ3v) is 2.24. The van der Waals surface area contributed by atoms with Crippen molar-refractivity contribution in [3.8, 4) is 5.75 Å². The van der Waals surface area contributed by atoms with E-state index in [1.54, 1.807) is 0 Å². The lowest BCUT2D eigenvalue weighted by Gasteiger charge is -2.12. The quantitative estimate of drug-likeness (QED) is 0.849. The minimum Gasteiger partial charge on any atom is -0.405 e. The van der Waals surface area contributed by atoms with Crippen molar-refractivity contribution in [2.45, 2.75) is 18.6 Å². The first-order valence-electron chi connectivity index (χ1n) is 3.88. The van der Waals surface area contributed by atoms with Crippen LogP contribution in [0.5, 0.6) is 5.75 Å². The summed E-state index contributed by atoms with van der Waals surface area (Å²) in [5.41, 5.74) is -0.0120. The van der Waals surface area contributed by atoms with E-state index in [9.17, 15) is 18.0 Å². The van der Waals surface area contributed by atoms with Crippen LogP contribution >= 0.6 is 15.9 Å². The summed E-state index contributed by atoms with van der Waals surface area (Å²) < 4.78 is 39.6. The number of aryl methyl sites for hydroxylation is 1. The van der Waals surface area contributed by atoms with Gasteiger partial charge in [0.2, 0.25) is 0 Å². The molecule has 3 nitrogen and oxygen atoms in total. The Morgan fingerprint density at radius 2 is 2.13 bits per heavy atom. The SMILES string of the molecule is Cc1[nH]c(=O)cc(OC(F)(F)F)c1CBr. The number of alkyl halides is 4. The topological polar surface area (TPSA) is 42.1 Å². The van der Waals surface area contributed by atoms with Crippen LogP contribution in [0.1, 0.15) is 11.3 Å². The van der Waals surface area contributed by atoms with Gasteiger partial charge in [-0.15, -0.1) is 13.2 Å². The Hall–Kier alpha value is -0.980. The van der Waals surface area contributed by atoms with E-state index in [0.29, 0.717) is 5.69 Å². The zero-order valence-corrected chi connectivity index (χ0v) is 9.20. The molecule has 0 spiro atoms. The summed E-state index contributed by atoms with van der Waals surface area (Å²) in [6.45, 7) is 1.50. The number of aromatic nitrogens is 1. The molecule has 1 aromatic heterocycles. The minimum absolute atomic E-state index is 0.168. The van der Waals surface area contributed by atoms with Gasteiger partial charge in [0.05, 0.1) is 0 Å². The van der Waals surface area contributed by atoms with Crippen molar-refractivity contribution in [1.29, 1.82) is 0 Å². The molecule has 0 aliphatic rings. The maximum Gasteiger partial charge on any atom is 0.573 e. The normalized spacial score (nSPS) is 11.5. The van der Waals surface area contributed by atoms with E-state index in [1.807, 2.05) is 0 Å². The molecule has 0 saturated heterocycles. The van der Waals surface area contributed by atoms with Gasteiger partial charge in [0, 0.05) is 22.7 Å². The molecule has 1 N–H and O–H groups in total. The van der Waals surface area contributed by atoms with Crippen LogP contribution in [0.25, 0.3) is 0 Å². The second-order valence-electron chi connectivity index (χ2n) is 2.78. The molecular weight excluding hydrogens is 279 g/mol. The number of ether oxygens (including phenoxy) is 1. The number of aromatic amines is 1. The molecule has 1 aromatic rings. The first-order chi connectivity index (χ1) is 6.83. The van der Waals surface area contributed by atoms with Crippen molar-refractivity contribution < 1.29 is 17.9 Å². The number of H-pyrrole nitrogens is 1. The molecule has 0 unspecified atom stereocenters. The van der Waals surface area contributed by atoms with Gasteiger partial charge in [-0.2, -0.15) is 0 Å². The minimum atomic E-state index is -4.79. The van der Waals surface area contributed by atoms with Gasteiger partial charge in [-0.3, -0.25) is 4.79 Å². The molecule has 0 bridgehead atoms. The zero-order valence-electron chi connectivity index (χ0n) is 7.61. The lowest BCUT2D eigenvalue weighted by atomic mass is 10.2. The highest BCUT2D eigenvalue weighted by Gasteiger charge is 2.32. The van der Waals surface area contributed by atoms with Crippen LogP contribution in [0.3, 0.4) is 0 Å². The Morgan fingerprint density at radius 1 is 1.53 bits per heavy atom. The molecule has 0 aliphatic carbocycles. The summed E-state index contributed by atoms with van der Waals surface area (Å²) in [4.78, 5) is 13.3. The molecule has 0 atom stereocenters. The average Bonchev–Trinajstić information content (AvgIpc) is 1.99. The largest absolute Gasteiger partial charge is 0.573 e. The van der Waals surface area contributed by atoms with E-state index in [2.05, 4.69) is 25.7 Å². The second kappa shape index (κ2) is 4.26. The highest BCUT2D eigenvalue weighted by atomic mass is 79.9. The van der Waals surface area contributed by atoms with Gasteiger partial charge in [0.15, 0.2) is 0 Å². The van der Waals surface area contributed by atoms with Crippen molar-refractivity contribution in [2.24, 2.45) is 0 Å². The number of hydrogen-bond acceptors (Lipinski definition) is 2. The van der Waals surface area contributed by atoms with E-state index in [1.165, 1.54) is 6.92 Å². The highest BCUT2D eigenvalue weighted by Crippen LogP contribution is 2.27. The van der Waals surface area contributed by atoms with Crippen molar-refractivity contribution in [3.05, 3.63) is 27.7 Å². The maximum absolute atomic E-state index is 12.0. The van der Waals surface area contributed by atoms with Crippen LogP contribution in [-0.2, 0) is 5.33 Å². The van der Waals surface area contributed by atoms with Gasteiger partial charge < -0.3 is 9.72 Å². The van der Waals surface area contributed by atoms with Crippen LogP contribution < -0.4 is 10.3 Å². The summed E-state index contributed by atoms with van der Waals surface area (Å²) in [6, 6.07) is 0.775. The van der Waals surface area contributed by atoms with Crippen molar-refractivity contribution >= 4 is 15.9 Å². The number of halogens is 4. The van der Waals surface area contributed by atoms with Gasteiger partial charge in [0.1, 0.15) is 5.75 Å². The lowest BCUT2D eigenvalue weighted by Crippen LogP contribution is -2.20. The molecule has 0 saturated carbocycles. The molecular formula is C8H7BrF3NO2. The molecule has 7 heteroatoms. The van der Waals surface area contributed by atoms with Gasteiger partial charge >= 0.3 is 6.36 Å². The number of rotatable bonds is 2. The van der Waals surface area contributed by atoms with Crippen LogP contribution in [0.4, 0.5) is 13.2 Å². The number of pyridine rings is 1. The Morgan fingerprint density at radius 3 is 2.60 bits per heavy atom. The Kier molecular flexibility index (Phi) is 3.43. The fourth-order valence-corrected chi connectivity index (χ4v) is 1.77. The molecule has 0 aromatic carbocycles. The van der Waals surface area contributed by atoms with E-state index in [-0.39, 0.29) is 10.9 Å². The monoisotopic (exact) mass is 285 g/mol. The van der Waals surface area contributed by atoms with E-state index in [0.717, 1.165) is 6.07 Å². The van der Waals surface area contributed by atoms with Crippen LogP contribution in [-0.4, -0.2) is 11.3 Å². The van der Waals surface area contributed by atoms with Gasteiger partial charge in [-0.1, -0.05) is 15.9 Å². The number of hydrogen-bond donors (Lipinski definition) is 1. The van der Waals surface area contributed by atoms with Crippen molar-refractivity contribution in [2.75, 3.05) is 0 Å². The molecule has 0 aliphatic heterocycles. The van der Waals surface area contributed by atoms with Gasteiger partial charge in [0.25, 0.3) is 5.56 Å². The molecule has 0 radical (unpaired) electrons. The van der Waals surface area contributed by atoms with E-state index in [4.69, 9.17) is 0 Å². The molecule has 15 heavy (non-hydrogen) atoms. The van der Waals surface area contributed by atoms with Crippen LogP contribution in [0.15, 0.2) is 10.9 Å². The van der Waals surface area contributed by atoms with Gasteiger partial charge in [-0.05, 0) is 6.92 Å². The molecule has 1 rings (SSSR count).